The minimum absolute atomic E-state index is 0.198. The van der Waals surface area contributed by atoms with Gasteiger partial charge in [0.2, 0.25) is 5.91 Å². The van der Waals surface area contributed by atoms with Gasteiger partial charge in [-0.25, -0.2) is 0 Å². The maximum absolute atomic E-state index is 11.7. The second-order valence-electron chi connectivity index (χ2n) is 6.30. The van der Waals surface area contributed by atoms with Gasteiger partial charge in [0.05, 0.1) is 6.10 Å². The van der Waals surface area contributed by atoms with Crippen molar-refractivity contribution in [1.29, 1.82) is 0 Å². The van der Waals surface area contributed by atoms with E-state index in [1.54, 1.807) is 0 Å². The Morgan fingerprint density at radius 2 is 2.14 bits per heavy atom. The lowest BCUT2D eigenvalue weighted by Crippen LogP contribution is -2.45. The minimum Gasteiger partial charge on any atom is -0.393 e. The van der Waals surface area contributed by atoms with E-state index in [1.165, 1.54) is 0 Å². The van der Waals surface area contributed by atoms with Crippen molar-refractivity contribution in [2.24, 2.45) is 10.9 Å². The Kier molecular flexibility index (Phi) is 6.49. The summed E-state index contributed by atoms with van der Waals surface area (Å²) in [6.45, 7) is 7.00. The number of nitrogens with one attached hydrogen (secondary N) is 2. The van der Waals surface area contributed by atoms with Crippen LogP contribution in [0.3, 0.4) is 0 Å². The smallest absolute Gasteiger partial charge is 0.222 e. The first-order chi connectivity index (χ1) is 10.6. The SMILES string of the molecule is CCNC(=NCC1CCCC1O)NC1CCN(C(=O)CC)C1. The van der Waals surface area contributed by atoms with Gasteiger partial charge < -0.3 is 20.6 Å². The van der Waals surface area contributed by atoms with Gasteiger partial charge in [-0.05, 0) is 26.2 Å². The number of guanidine groups is 1. The fourth-order valence-electron chi connectivity index (χ4n) is 3.28. The summed E-state index contributed by atoms with van der Waals surface area (Å²) < 4.78 is 0. The Hall–Kier alpha value is -1.30. The van der Waals surface area contributed by atoms with Gasteiger partial charge in [-0.1, -0.05) is 13.3 Å². The summed E-state index contributed by atoms with van der Waals surface area (Å²) in [6.07, 6.45) is 4.40. The molecule has 0 aromatic heterocycles. The van der Waals surface area contributed by atoms with E-state index in [4.69, 9.17) is 0 Å². The first kappa shape index (κ1) is 17.1. The van der Waals surface area contributed by atoms with Crippen LogP contribution in [0.4, 0.5) is 0 Å². The summed E-state index contributed by atoms with van der Waals surface area (Å²) in [5.74, 6) is 1.31. The molecule has 22 heavy (non-hydrogen) atoms. The number of hydrogen-bond acceptors (Lipinski definition) is 3. The van der Waals surface area contributed by atoms with E-state index < -0.39 is 0 Å². The predicted molar refractivity (Wildman–Crippen MR) is 87.7 cm³/mol. The van der Waals surface area contributed by atoms with Crippen molar-refractivity contribution in [2.75, 3.05) is 26.2 Å². The van der Waals surface area contributed by atoms with Crippen molar-refractivity contribution in [1.82, 2.24) is 15.5 Å². The first-order valence-electron chi connectivity index (χ1n) is 8.64. The number of rotatable bonds is 5. The molecule has 2 fully saturated rings. The molecule has 3 unspecified atom stereocenters. The first-order valence-corrected chi connectivity index (χ1v) is 8.64. The molecule has 6 nitrogen and oxygen atoms in total. The zero-order chi connectivity index (χ0) is 15.9. The van der Waals surface area contributed by atoms with Gasteiger partial charge in [0.15, 0.2) is 5.96 Å². The molecule has 2 rings (SSSR count). The average molecular weight is 310 g/mol. The molecule has 1 aliphatic carbocycles. The average Bonchev–Trinajstić information content (AvgIpc) is 3.13. The highest BCUT2D eigenvalue weighted by atomic mass is 16.3. The van der Waals surface area contributed by atoms with Crippen LogP contribution in [0, 0.1) is 5.92 Å². The van der Waals surface area contributed by atoms with E-state index >= 15 is 0 Å². The number of hydrogen-bond donors (Lipinski definition) is 3. The molecular formula is C16H30N4O2. The van der Waals surface area contributed by atoms with E-state index in [0.717, 1.165) is 51.3 Å². The molecule has 0 aromatic carbocycles. The predicted octanol–water partition coefficient (Wildman–Crippen LogP) is 0.713. The van der Waals surface area contributed by atoms with Crippen molar-refractivity contribution in [3.8, 4) is 0 Å². The summed E-state index contributed by atoms with van der Waals surface area (Å²) in [4.78, 5) is 18.3. The fraction of sp³-hybridized carbons (Fsp3) is 0.875. The molecule has 6 heteroatoms. The highest BCUT2D eigenvalue weighted by Gasteiger charge is 2.27. The van der Waals surface area contributed by atoms with Gasteiger partial charge in [0.25, 0.3) is 0 Å². The van der Waals surface area contributed by atoms with E-state index in [2.05, 4.69) is 15.6 Å². The van der Waals surface area contributed by atoms with Gasteiger partial charge >= 0.3 is 0 Å². The van der Waals surface area contributed by atoms with E-state index in [9.17, 15) is 9.90 Å². The number of carbonyl (C=O) groups is 1. The van der Waals surface area contributed by atoms with Crippen LogP contribution >= 0.6 is 0 Å². The second-order valence-corrected chi connectivity index (χ2v) is 6.30. The third kappa shape index (κ3) is 4.60. The Morgan fingerprint density at radius 3 is 2.77 bits per heavy atom. The third-order valence-electron chi connectivity index (χ3n) is 4.63. The lowest BCUT2D eigenvalue weighted by Gasteiger charge is -2.19. The van der Waals surface area contributed by atoms with Gasteiger partial charge in [-0.2, -0.15) is 0 Å². The summed E-state index contributed by atoms with van der Waals surface area (Å²) in [6, 6.07) is 0.266. The zero-order valence-corrected chi connectivity index (χ0v) is 13.8. The molecule has 126 valence electrons. The quantitative estimate of drug-likeness (QED) is 0.516. The van der Waals surface area contributed by atoms with Crippen LogP contribution in [0.15, 0.2) is 4.99 Å². The molecule has 0 aromatic rings. The molecule has 0 radical (unpaired) electrons. The molecule has 1 aliphatic heterocycles. The van der Waals surface area contributed by atoms with E-state index in [0.29, 0.717) is 13.0 Å². The maximum atomic E-state index is 11.7. The minimum atomic E-state index is -0.198. The van der Waals surface area contributed by atoms with Crippen LogP contribution in [0.5, 0.6) is 0 Å². The second kappa shape index (κ2) is 8.36. The highest BCUT2D eigenvalue weighted by molar-refractivity contribution is 5.80. The number of aliphatic imine (C=N–C) groups is 1. The van der Waals surface area contributed by atoms with Crippen molar-refractivity contribution in [3.05, 3.63) is 0 Å². The molecule has 1 saturated carbocycles. The van der Waals surface area contributed by atoms with Crippen LogP contribution in [-0.2, 0) is 4.79 Å². The lowest BCUT2D eigenvalue weighted by atomic mass is 10.1. The normalized spacial score (nSPS) is 29.0. The summed E-state index contributed by atoms with van der Waals surface area (Å²) >= 11 is 0. The summed E-state index contributed by atoms with van der Waals surface area (Å²) in [7, 11) is 0. The van der Waals surface area contributed by atoms with Crippen molar-refractivity contribution >= 4 is 11.9 Å². The Labute approximate surface area is 133 Å². The third-order valence-corrected chi connectivity index (χ3v) is 4.63. The Balaban J connectivity index is 1.84. The van der Waals surface area contributed by atoms with Gasteiger partial charge in [-0.15, -0.1) is 0 Å². The Morgan fingerprint density at radius 1 is 1.32 bits per heavy atom. The highest BCUT2D eigenvalue weighted by Crippen LogP contribution is 2.25. The number of amides is 1. The van der Waals surface area contributed by atoms with Crippen molar-refractivity contribution in [2.45, 2.75) is 58.1 Å². The molecule has 3 atom stereocenters. The van der Waals surface area contributed by atoms with E-state index in [1.807, 2.05) is 18.7 Å². The molecule has 3 N–H and O–H groups in total. The fourth-order valence-corrected chi connectivity index (χ4v) is 3.28. The number of aliphatic hydroxyl groups is 1. The van der Waals surface area contributed by atoms with Crippen molar-refractivity contribution in [3.63, 3.8) is 0 Å². The topological polar surface area (TPSA) is 77.0 Å². The maximum Gasteiger partial charge on any atom is 0.222 e. The zero-order valence-electron chi connectivity index (χ0n) is 13.8. The van der Waals surface area contributed by atoms with Gasteiger partial charge in [0.1, 0.15) is 0 Å². The van der Waals surface area contributed by atoms with Crippen LogP contribution in [0.1, 0.15) is 46.0 Å². The number of nitrogens with zero attached hydrogens (tertiary/aromatic N) is 2. The monoisotopic (exact) mass is 310 g/mol. The molecular weight excluding hydrogens is 280 g/mol. The van der Waals surface area contributed by atoms with Gasteiger partial charge in [0, 0.05) is 44.6 Å². The molecule has 0 bridgehead atoms. The van der Waals surface area contributed by atoms with Crippen molar-refractivity contribution < 1.29 is 9.90 Å². The molecule has 0 spiro atoms. The van der Waals surface area contributed by atoms with E-state index in [-0.39, 0.29) is 24.0 Å². The molecule has 1 heterocycles. The number of aliphatic hydroxyl groups excluding tert-OH is 1. The lowest BCUT2D eigenvalue weighted by molar-refractivity contribution is -0.129. The Bertz CT molecular complexity index is 400. The standard InChI is InChI=1S/C16H30N4O2/c1-3-15(22)20-9-8-13(11-20)19-16(17-4-2)18-10-12-6-5-7-14(12)21/h12-14,21H,3-11H2,1-2H3,(H2,17,18,19). The largest absolute Gasteiger partial charge is 0.393 e. The summed E-state index contributed by atoms with van der Waals surface area (Å²) in [5, 5.41) is 16.6. The molecule has 2 aliphatic rings. The molecule has 1 saturated heterocycles. The number of likely N-dealkylation sites (tertiary alicyclic amines) is 1. The van der Waals surface area contributed by atoms with Crippen LogP contribution in [0.2, 0.25) is 0 Å². The molecule has 1 amide bonds. The number of carbonyl (C=O) groups excluding carboxylic acids is 1. The van der Waals surface area contributed by atoms with Crippen LogP contribution in [0.25, 0.3) is 0 Å². The summed E-state index contributed by atoms with van der Waals surface area (Å²) in [5.41, 5.74) is 0. The van der Waals surface area contributed by atoms with Crippen LogP contribution in [-0.4, -0.2) is 60.2 Å². The van der Waals surface area contributed by atoms with Crippen LogP contribution < -0.4 is 10.6 Å². The van der Waals surface area contributed by atoms with Gasteiger partial charge in [-0.3, -0.25) is 9.79 Å².